The van der Waals surface area contributed by atoms with Gasteiger partial charge < -0.3 is 4.90 Å². The minimum atomic E-state index is 0.109. The summed E-state index contributed by atoms with van der Waals surface area (Å²) in [5.74, 6) is 0.246. The van der Waals surface area contributed by atoms with Crippen LogP contribution >= 0.6 is 0 Å². The minimum Gasteiger partial charge on any atom is -0.336 e. The molecule has 0 saturated carbocycles. The summed E-state index contributed by atoms with van der Waals surface area (Å²) in [6.45, 7) is 3.56. The van der Waals surface area contributed by atoms with Crippen molar-refractivity contribution in [1.82, 2.24) is 9.88 Å². The molecule has 1 aromatic heterocycles. The molecule has 6 heteroatoms. The van der Waals surface area contributed by atoms with E-state index in [1.807, 2.05) is 19.1 Å². The van der Waals surface area contributed by atoms with Crippen molar-refractivity contribution in [3.63, 3.8) is 0 Å². The van der Waals surface area contributed by atoms with Gasteiger partial charge in [0.15, 0.2) is 0 Å². The Kier molecular flexibility index (Phi) is 3.79. The number of rotatable bonds is 4. The lowest BCUT2D eigenvalue weighted by molar-refractivity contribution is -0.128. The van der Waals surface area contributed by atoms with E-state index in [0.29, 0.717) is 26.1 Å². The van der Waals surface area contributed by atoms with Crippen molar-refractivity contribution in [2.24, 2.45) is 11.0 Å². The first kappa shape index (κ1) is 12.4. The van der Waals surface area contributed by atoms with E-state index in [1.165, 1.54) is 0 Å². The molecule has 6 nitrogen and oxygen atoms in total. The van der Waals surface area contributed by atoms with Crippen LogP contribution in [-0.4, -0.2) is 28.9 Å². The molecule has 1 saturated heterocycles. The number of aryl methyl sites for hydroxylation is 1. The van der Waals surface area contributed by atoms with Gasteiger partial charge in [0.2, 0.25) is 5.91 Å². The zero-order chi connectivity index (χ0) is 13.0. The Morgan fingerprint density at radius 1 is 1.67 bits per heavy atom. The fourth-order valence-electron chi connectivity index (χ4n) is 2.15. The molecule has 1 unspecified atom stereocenters. The molecule has 0 spiro atoms. The third-order valence-electron chi connectivity index (χ3n) is 3.16. The first-order chi connectivity index (χ1) is 8.70. The highest BCUT2D eigenvalue weighted by Crippen LogP contribution is 2.20. The SMILES string of the molecule is Cc1cccnc1CN1CC(CN=[N+]=[N-])CC1=O. The van der Waals surface area contributed by atoms with Crippen molar-refractivity contribution in [1.29, 1.82) is 0 Å². The molecule has 94 valence electrons. The number of amides is 1. The fraction of sp³-hybridized carbons (Fsp3) is 0.500. The van der Waals surface area contributed by atoms with E-state index in [9.17, 15) is 4.79 Å². The normalized spacial score (nSPS) is 18.8. The summed E-state index contributed by atoms with van der Waals surface area (Å²) < 4.78 is 0. The molecule has 0 aromatic carbocycles. The maximum absolute atomic E-state index is 11.8. The van der Waals surface area contributed by atoms with Gasteiger partial charge in [0, 0.05) is 30.6 Å². The first-order valence-electron chi connectivity index (χ1n) is 5.90. The van der Waals surface area contributed by atoms with E-state index in [2.05, 4.69) is 15.0 Å². The molecule has 0 N–H and O–H groups in total. The Bertz CT molecular complexity index is 495. The van der Waals surface area contributed by atoms with E-state index in [0.717, 1.165) is 11.3 Å². The maximum atomic E-state index is 11.8. The summed E-state index contributed by atoms with van der Waals surface area (Å²) >= 11 is 0. The van der Waals surface area contributed by atoms with Crippen molar-refractivity contribution in [2.75, 3.05) is 13.1 Å². The largest absolute Gasteiger partial charge is 0.336 e. The molecule has 18 heavy (non-hydrogen) atoms. The second kappa shape index (κ2) is 5.51. The summed E-state index contributed by atoms with van der Waals surface area (Å²) in [4.78, 5) is 20.6. The lowest BCUT2D eigenvalue weighted by Gasteiger charge is -2.16. The molecular weight excluding hydrogens is 230 g/mol. The van der Waals surface area contributed by atoms with Crippen LogP contribution in [0, 0.1) is 12.8 Å². The number of nitrogens with zero attached hydrogens (tertiary/aromatic N) is 5. The molecule has 0 aliphatic carbocycles. The van der Waals surface area contributed by atoms with Crippen LogP contribution < -0.4 is 0 Å². The van der Waals surface area contributed by atoms with Crippen molar-refractivity contribution < 1.29 is 4.79 Å². The van der Waals surface area contributed by atoms with Gasteiger partial charge >= 0.3 is 0 Å². The highest BCUT2D eigenvalue weighted by Gasteiger charge is 2.29. The van der Waals surface area contributed by atoms with Gasteiger partial charge in [-0.1, -0.05) is 11.2 Å². The summed E-state index contributed by atoms with van der Waals surface area (Å²) in [5.41, 5.74) is 10.3. The summed E-state index contributed by atoms with van der Waals surface area (Å²) in [5, 5.41) is 3.53. The summed E-state index contributed by atoms with van der Waals surface area (Å²) in [7, 11) is 0. The number of pyridine rings is 1. The van der Waals surface area contributed by atoms with E-state index >= 15 is 0 Å². The lowest BCUT2D eigenvalue weighted by atomic mass is 10.1. The van der Waals surface area contributed by atoms with Gasteiger partial charge in [0.05, 0.1) is 12.2 Å². The summed E-state index contributed by atoms with van der Waals surface area (Å²) in [6.07, 6.45) is 2.20. The molecule has 2 rings (SSSR count). The third-order valence-corrected chi connectivity index (χ3v) is 3.16. The van der Waals surface area contributed by atoms with Gasteiger partial charge in [0.1, 0.15) is 0 Å². The van der Waals surface area contributed by atoms with Crippen LogP contribution in [0.5, 0.6) is 0 Å². The molecule has 1 aromatic rings. The average molecular weight is 245 g/mol. The smallest absolute Gasteiger partial charge is 0.223 e. The van der Waals surface area contributed by atoms with Crippen LogP contribution in [0.1, 0.15) is 17.7 Å². The molecule has 1 fully saturated rings. The zero-order valence-electron chi connectivity index (χ0n) is 10.3. The fourth-order valence-corrected chi connectivity index (χ4v) is 2.15. The van der Waals surface area contributed by atoms with E-state index in [-0.39, 0.29) is 11.8 Å². The molecule has 1 atom stereocenters. The lowest BCUT2D eigenvalue weighted by Crippen LogP contribution is -2.25. The van der Waals surface area contributed by atoms with E-state index < -0.39 is 0 Å². The number of hydrogen-bond donors (Lipinski definition) is 0. The van der Waals surface area contributed by atoms with Gasteiger partial charge in [-0.2, -0.15) is 0 Å². The third kappa shape index (κ3) is 2.78. The van der Waals surface area contributed by atoms with Crippen LogP contribution in [-0.2, 0) is 11.3 Å². The standard InChI is InChI=1S/C12H15N5O/c1-9-3-2-4-14-11(9)8-17-7-10(5-12(17)18)6-15-16-13/h2-4,10H,5-8H2,1H3. The second-order valence-corrected chi connectivity index (χ2v) is 4.52. The molecule has 0 radical (unpaired) electrons. The molecule has 1 aliphatic heterocycles. The van der Waals surface area contributed by atoms with Crippen LogP contribution in [0.2, 0.25) is 0 Å². The molecule has 0 bridgehead atoms. The Labute approximate surface area is 105 Å². The van der Waals surface area contributed by atoms with Gasteiger partial charge in [-0.3, -0.25) is 9.78 Å². The van der Waals surface area contributed by atoms with Gasteiger partial charge in [-0.25, -0.2) is 0 Å². The van der Waals surface area contributed by atoms with Crippen LogP contribution in [0.4, 0.5) is 0 Å². The topological polar surface area (TPSA) is 82.0 Å². The quantitative estimate of drug-likeness (QED) is 0.462. The maximum Gasteiger partial charge on any atom is 0.223 e. The number of likely N-dealkylation sites (tertiary alicyclic amines) is 1. The van der Waals surface area contributed by atoms with Crippen LogP contribution in [0.3, 0.4) is 0 Å². The zero-order valence-corrected chi connectivity index (χ0v) is 10.3. The highest BCUT2D eigenvalue weighted by molar-refractivity contribution is 5.78. The van der Waals surface area contributed by atoms with E-state index in [4.69, 9.17) is 5.53 Å². The Morgan fingerprint density at radius 2 is 2.50 bits per heavy atom. The number of hydrogen-bond acceptors (Lipinski definition) is 3. The van der Waals surface area contributed by atoms with Crippen molar-refractivity contribution in [3.05, 3.63) is 40.0 Å². The van der Waals surface area contributed by atoms with Gasteiger partial charge in [-0.05, 0) is 30.0 Å². The predicted molar refractivity (Wildman–Crippen MR) is 66.5 cm³/mol. The number of azide groups is 1. The average Bonchev–Trinajstić information content (AvgIpc) is 2.70. The van der Waals surface area contributed by atoms with E-state index in [1.54, 1.807) is 11.1 Å². The second-order valence-electron chi connectivity index (χ2n) is 4.52. The van der Waals surface area contributed by atoms with Crippen molar-refractivity contribution in [3.8, 4) is 0 Å². The first-order valence-corrected chi connectivity index (χ1v) is 5.90. The van der Waals surface area contributed by atoms with Crippen molar-refractivity contribution >= 4 is 5.91 Å². The monoisotopic (exact) mass is 245 g/mol. The Morgan fingerprint density at radius 3 is 3.22 bits per heavy atom. The van der Waals surface area contributed by atoms with Crippen molar-refractivity contribution in [2.45, 2.75) is 19.9 Å². The number of carbonyl (C=O) groups is 1. The Hall–Kier alpha value is -2.07. The van der Waals surface area contributed by atoms with Crippen LogP contribution in [0.15, 0.2) is 23.4 Å². The highest BCUT2D eigenvalue weighted by atomic mass is 16.2. The number of aromatic nitrogens is 1. The minimum absolute atomic E-state index is 0.109. The molecule has 1 aliphatic rings. The molecule has 1 amide bonds. The molecule has 2 heterocycles. The predicted octanol–water partition coefficient (Wildman–Crippen LogP) is 2.05. The Balaban J connectivity index is 2.00. The van der Waals surface area contributed by atoms with Gasteiger partial charge in [-0.15, -0.1) is 0 Å². The molecular formula is C12H15N5O. The number of carbonyl (C=O) groups excluding carboxylic acids is 1. The van der Waals surface area contributed by atoms with Crippen LogP contribution in [0.25, 0.3) is 10.4 Å². The van der Waals surface area contributed by atoms with Gasteiger partial charge in [0.25, 0.3) is 0 Å². The summed E-state index contributed by atoms with van der Waals surface area (Å²) in [6, 6.07) is 3.87.